The number of rotatable bonds is 5. The summed E-state index contributed by atoms with van der Waals surface area (Å²) in [7, 11) is 1.79. The van der Waals surface area contributed by atoms with E-state index in [0.717, 1.165) is 37.1 Å². The first-order valence-electron chi connectivity index (χ1n) is 8.59. The van der Waals surface area contributed by atoms with Gasteiger partial charge in [0.2, 0.25) is 0 Å². The van der Waals surface area contributed by atoms with Crippen molar-refractivity contribution in [3.8, 4) is 0 Å². The van der Waals surface area contributed by atoms with Crippen molar-refractivity contribution in [2.45, 2.75) is 45.7 Å². The Morgan fingerprint density at radius 3 is 2.72 bits per heavy atom. The molecule has 7 heteroatoms. The van der Waals surface area contributed by atoms with Gasteiger partial charge < -0.3 is 15.2 Å². The van der Waals surface area contributed by atoms with Gasteiger partial charge >= 0.3 is 0 Å². The fourth-order valence-electron chi connectivity index (χ4n) is 2.99. The third-order valence-electron chi connectivity index (χ3n) is 4.55. The van der Waals surface area contributed by atoms with Crippen molar-refractivity contribution in [1.82, 2.24) is 25.4 Å². The Morgan fingerprint density at radius 1 is 1.24 bits per heavy atom. The Balaban J connectivity index is 0.00000225. The van der Waals surface area contributed by atoms with Crippen LogP contribution in [0.1, 0.15) is 42.0 Å². The summed E-state index contributed by atoms with van der Waals surface area (Å²) in [5.41, 5.74) is 2.62. The van der Waals surface area contributed by atoms with E-state index >= 15 is 0 Å². The minimum absolute atomic E-state index is 0. The molecule has 1 aliphatic heterocycles. The second kappa shape index (κ2) is 9.17. The maximum Gasteiger partial charge on any atom is 0.191 e. The minimum Gasteiger partial charge on any atom is -0.356 e. The number of guanidine groups is 1. The second-order valence-corrected chi connectivity index (χ2v) is 6.41. The lowest BCUT2D eigenvalue weighted by atomic mass is 10.0. The lowest BCUT2D eigenvalue weighted by Gasteiger charge is -2.16. The molecule has 1 aromatic heterocycles. The molecule has 1 unspecified atom stereocenters. The number of fused-ring (bicyclic) bond motifs is 1. The molecule has 0 saturated heterocycles. The van der Waals surface area contributed by atoms with Crippen LogP contribution in [0.15, 0.2) is 29.3 Å². The summed E-state index contributed by atoms with van der Waals surface area (Å²) in [6.07, 6.45) is 2.20. The number of aromatic nitrogens is 3. The molecule has 3 rings (SSSR count). The Labute approximate surface area is 166 Å². The van der Waals surface area contributed by atoms with Crippen LogP contribution in [0.4, 0.5) is 0 Å². The van der Waals surface area contributed by atoms with Gasteiger partial charge in [-0.15, -0.1) is 34.2 Å². The number of halogens is 1. The number of aliphatic imine (C=N–C) groups is 1. The third kappa shape index (κ3) is 4.93. The first-order chi connectivity index (χ1) is 11.7. The van der Waals surface area contributed by atoms with Gasteiger partial charge in [0.15, 0.2) is 11.8 Å². The van der Waals surface area contributed by atoms with Crippen molar-refractivity contribution in [1.29, 1.82) is 0 Å². The molecule has 0 saturated carbocycles. The van der Waals surface area contributed by atoms with Crippen LogP contribution < -0.4 is 10.6 Å². The summed E-state index contributed by atoms with van der Waals surface area (Å²) in [6, 6.07) is 8.70. The molecule has 2 aromatic rings. The van der Waals surface area contributed by atoms with E-state index < -0.39 is 0 Å². The molecule has 1 aromatic carbocycles. The van der Waals surface area contributed by atoms with Gasteiger partial charge in [-0.1, -0.05) is 36.8 Å². The first-order valence-corrected chi connectivity index (χ1v) is 8.59. The fraction of sp³-hybridized carbons (Fsp3) is 0.500. The Kier molecular flexibility index (Phi) is 7.22. The zero-order valence-electron chi connectivity index (χ0n) is 15.1. The lowest BCUT2D eigenvalue weighted by Crippen LogP contribution is -2.39. The molecule has 136 valence electrons. The van der Waals surface area contributed by atoms with Gasteiger partial charge in [0.05, 0.1) is 6.54 Å². The SMILES string of the molecule is CN=C(NCc1nnc2n1CCC2)NCC(C)c1ccc(C)cc1.I. The van der Waals surface area contributed by atoms with Crippen LogP contribution in [0, 0.1) is 6.92 Å². The summed E-state index contributed by atoms with van der Waals surface area (Å²) < 4.78 is 2.20. The van der Waals surface area contributed by atoms with Crippen molar-refractivity contribution in [2.75, 3.05) is 13.6 Å². The van der Waals surface area contributed by atoms with Crippen molar-refractivity contribution in [3.05, 3.63) is 47.0 Å². The third-order valence-corrected chi connectivity index (χ3v) is 4.55. The second-order valence-electron chi connectivity index (χ2n) is 6.41. The van der Waals surface area contributed by atoms with E-state index in [1.54, 1.807) is 7.05 Å². The Morgan fingerprint density at radius 2 is 2.00 bits per heavy atom. The zero-order chi connectivity index (χ0) is 16.9. The van der Waals surface area contributed by atoms with Crippen LogP contribution in [0.3, 0.4) is 0 Å². The van der Waals surface area contributed by atoms with Gasteiger partial charge in [-0.2, -0.15) is 0 Å². The fourth-order valence-corrected chi connectivity index (χ4v) is 2.99. The van der Waals surface area contributed by atoms with Crippen molar-refractivity contribution >= 4 is 29.9 Å². The van der Waals surface area contributed by atoms with E-state index in [4.69, 9.17) is 0 Å². The van der Waals surface area contributed by atoms with Gasteiger partial charge in [0, 0.05) is 26.6 Å². The molecular weight excluding hydrogens is 427 g/mol. The minimum atomic E-state index is 0. The number of hydrogen-bond donors (Lipinski definition) is 2. The predicted octanol–water partition coefficient (Wildman–Crippen LogP) is 2.62. The predicted molar refractivity (Wildman–Crippen MR) is 112 cm³/mol. The van der Waals surface area contributed by atoms with E-state index in [-0.39, 0.29) is 24.0 Å². The highest BCUT2D eigenvalue weighted by Gasteiger charge is 2.17. The standard InChI is InChI=1S/C18H26N6.HI/c1-13-6-8-15(9-7-13)14(2)11-20-18(19-3)21-12-17-23-22-16-5-4-10-24(16)17;/h6-9,14H,4-5,10-12H2,1-3H3,(H2,19,20,21);1H. The van der Waals surface area contributed by atoms with Crippen molar-refractivity contribution in [2.24, 2.45) is 4.99 Å². The quantitative estimate of drug-likeness (QED) is 0.414. The maximum atomic E-state index is 4.30. The highest BCUT2D eigenvalue weighted by molar-refractivity contribution is 14.0. The van der Waals surface area contributed by atoms with E-state index in [1.165, 1.54) is 17.5 Å². The Bertz CT molecular complexity index is 707. The van der Waals surface area contributed by atoms with E-state index in [2.05, 4.69) is 68.5 Å². The van der Waals surface area contributed by atoms with Crippen LogP contribution >= 0.6 is 24.0 Å². The molecular formula is C18H27IN6. The maximum absolute atomic E-state index is 4.30. The van der Waals surface area contributed by atoms with Gasteiger partial charge in [-0.05, 0) is 24.8 Å². The van der Waals surface area contributed by atoms with E-state index in [1.807, 2.05) is 0 Å². The summed E-state index contributed by atoms with van der Waals surface area (Å²) in [4.78, 5) is 4.30. The molecule has 2 N–H and O–H groups in total. The van der Waals surface area contributed by atoms with Gasteiger partial charge in [-0.3, -0.25) is 4.99 Å². The molecule has 0 amide bonds. The number of nitrogens with one attached hydrogen (secondary N) is 2. The van der Waals surface area contributed by atoms with Crippen molar-refractivity contribution in [3.63, 3.8) is 0 Å². The first kappa shape index (κ1) is 19.7. The monoisotopic (exact) mass is 454 g/mol. The molecule has 0 spiro atoms. The topological polar surface area (TPSA) is 67.1 Å². The number of aryl methyl sites for hydroxylation is 2. The number of benzene rings is 1. The normalized spacial score (nSPS) is 14.6. The summed E-state index contributed by atoms with van der Waals surface area (Å²) in [5.74, 6) is 3.30. The number of hydrogen-bond acceptors (Lipinski definition) is 3. The summed E-state index contributed by atoms with van der Waals surface area (Å²) in [6.45, 7) is 6.83. The highest BCUT2D eigenvalue weighted by atomic mass is 127. The molecule has 25 heavy (non-hydrogen) atoms. The molecule has 1 aliphatic rings. The van der Waals surface area contributed by atoms with Crippen LogP contribution in [-0.2, 0) is 19.5 Å². The molecule has 2 heterocycles. The lowest BCUT2D eigenvalue weighted by molar-refractivity contribution is 0.654. The van der Waals surface area contributed by atoms with Crippen LogP contribution in [0.5, 0.6) is 0 Å². The highest BCUT2D eigenvalue weighted by Crippen LogP contribution is 2.15. The average molecular weight is 454 g/mol. The number of nitrogens with zero attached hydrogens (tertiary/aromatic N) is 4. The van der Waals surface area contributed by atoms with Crippen LogP contribution in [-0.4, -0.2) is 34.3 Å². The van der Waals surface area contributed by atoms with Gasteiger partial charge in [0.25, 0.3) is 0 Å². The van der Waals surface area contributed by atoms with Crippen LogP contribution in [0.2, 0.25) is 0 Å². The molecule has 6 nitrogen and oxygen atoms in total. The van der Waals surface area contributed by atoms with Gasteiger partial charge in [0.1, 0.15) is 5.82 Å². The summed E-state index contributed by atoms with van der Waals surface area (Å²) in [5, 5.41) is 15.2. The van der Waals surface area contributed by atoms with E-state index in [9.17, 15) is 0 Å². The molecule has 1 atom stereocenters. The van der Waals surface area contributed by atoms with Gasteiger partial charge in [-0.25, -0.2) is 0 Å². The molecule has 0 fully saturated rings. The zero-order valence-corrected chi connectivity index (χ0v) is 17.4. The van der Waals surface area contributed by atoms with Crippen LogP contribution in [0.25, 0.3) is 0 Å². The van der Waals surface area contributed by atoms with E-state index in [0.29, 0.717) is 12.5 Å². The average Bonchev–Trinajstić information content (AvgIpc) is 3.19. The summed E-state index contributed by atoms with van der Waals surface area (Å²) >= 11 is 0. The molecule has 0 bridgehead atoms. The Hall–Kier alpha value is -1.64. The van der Waals surface area contributed by atoms with Crippen molar-refractivity contribution < 1.29 is 0 Å². The molecule has 0 aliphatic carbocycles. The smallest absolute Gasteiger partial charge is 0.191 e. The largest absolute Gasteiger partial charge is 0.356 e. The molecule has 0 radical (unpaired) electrons.